The van der Waals surface area contributed by atoms with Gasteiger partial charge in [0.15, 0.2) is 0 Å². The molecule has 0 amide bonds. The highest BCUT2D eigenvalue weighted by molar-refractivity contribution is 7.03. The average molecular weight is 1050 g/mol. The van der Waals surface area contributed by atoms with Crippen LogP contribution in [0.3, 0.4) is 0 Å². The minimum Gasteiger partial charge on any atom is -0.309 e. The molecule has 10 aromatic carbocycles. The van der Waals surface area contributed by atoms with Gasteiger partial charge in [0.2, 0.25) is 13.4 Å². The molecule has 6 nitrogen and oxygen atoms in total. The van der Waals surface area contributed by atoms with E-state index in [2.05, 4.69) is 267 Å². The summed E-state index contributed by atoms with van der Waals surface area (Å²) in [5.74, 6) is 0. The number of hydrogen-bond donors (Lipinski definition) is 0. The summed E-state index contributed by atoms with van der Waals surface area (Å²) in [5, 5.41) is 6.68. The van der Waals surface area contributed by atoms with E-state index in [9.17, 15) is 0 Å². The number of benzene rings is 10. The van der Waals surface area contributed by atoms with Gasteiger partial charge in [0.25, 0.3) is 0 Å². The highest BCUT2D eigenvalue weighted by Gasteiger charge is 2.46. The van der Waals surface area contributed by atoms with Crippen LogP contribution in [0.5, 0.6) is 0 Å². The van der Waals surface area contributed by atoms with Crippen molar-refractivity contribution in [3.05, 3.63) is 243 Å². The van der Waals surface area contributed by atoms with E-state index in [1.165, 1.54) is 88.7 Å². The van der Waals surface area contributed by atoms with Gasteiger partial charge in [-0.2, -0.15) is 0 Å². The van der Waals surface area contributed by atoms with Gasteiger partial charge < -0.3 is 9.13 Å². The van der Waals surface area contributed by atoms with Crippen LogP contribution in [0.4, 0.5) is 0 Å². The van der Waals surface area contributed by atoms with E-state index in [-0.39, 0.29) is 19.1 Å². The molecule has 5 aromatic heterocycles. The first kappa shape index (κ1) is 47.3. The third-order valence-corrected chi connectivity index (χ3v) is 19.0. The number of hydrogen-bond acceptors (Lipinski definition) is 1. The molecule has 7 heterocycles. The van der Waals surface area contributed by atoms with Gasteiger partial charge in [-0.3, -0.25) is 4.57 Å². The first-order valence-corrected chi connectivity index (χ1v) is 28.9. The van der Waals surface area contributed by atoms with Crippen molar-refractivity contribution in [2.75, 3.05) is 0 Å². The lowest BCUT2D eigenvalue weighted by Gasteiger charge is -2.36. The van der Waals surface area contributed by atoms with Crippen LogP contribution in [-0.4, -0.2) is 35.9 Å². The quantitative estimate of drug-likeness (QED) is 0.158. The van der Waals surface area contributed by atoms with E-state index >= 15 is 4.79 Å². The second-order valence-corrected chi connectivity index (χ2v) is 24.2. The van der Waals surface area contributed by atoms with Crippen molar-refractivity contribution in [3.8, 4) is 28.2 Å². The molecule has 17 rings (SSSR count). The molecule has 0 saturated carbocycles. The highest BCUT2D eigenvalue weighted by atomic mass is 16.1. The molecule has 2 aliphatic rings. The molecule has 0 spiro atoms. The first-order chi connectivity index (χ1) is 39.8. The Morgan fingerprint density at radius 3 is 1.10 bits per heavy atom. The Bertz CT molecular complexity index is 5100. The van der Waals surface area contributed by atoms with E-state index < -0.39 is 0 Å². The van der Waals surface area contributed by atoms with Crippen LogP contribution in [0, 0.1) is 62.3 Å². The number of para-hydroxylation sites is 4. The summed E-state index contributed by atoms with van der Waals surface area (Å²) in [4.78, 5) is 17.1. The molecule has 2 aliphatic heterocycles. The predicted molar refractivity (Wildman–Crippen MR) is 348 cm³/mol. The monoisotopic (exact) mass is 1050 g/mol. The molecule has 15 aromatic rings. The molecule has 8 heteroatoms. The number of nitrogens with zero attached hydrogens (tertiary/aromatic N) is 5. The maximum absolute atomic E-state index is 17.1. The number of fused-ring (bicyclic) bond motifs is 12. The molecular weight excluding hydrogens is 996 g/mol. The lowest BCUT2D eigenvalue weighted by molar-refractivity contribution is 0.916. The van der Waals surface area contributed by atoms with Crippen molar-refractivity contribution in [3.63, 3.8) is 0 Å². The summed E-state index contributed by atoms with van der Waals surface area (Å²) in [7, 11) is 0. The second kappa shape index (κ2) is 16.5. The Labute approximate surface area is 475 Å². The maximum atomic E-state index is 17.1. The molecule has 0 unspecified atom stereocenters. The van der Waals surface area contributed by atoms with E-state index in [1.807, 2.05) is 0 Å². The van der Waals surface area contributed by atoms with Crippen molar-refractivity contribution in [2.45, 2.75) is 62.3 Å². The minimum absolute atomic E-state index is 0.0623. The van der Waals surface area contributed by atoms with Crippen LogP contribution >= 0.6 is 0 Å². The Morgan fingerprint density at radius 1 is 0.317 bits per heavy atom. The van der Waals surface area contributed by atoms with Gasteiger partial charge in [0.05, 0.1) is 33.1 Å². The normalized spacial score (nSPS) is 12.9. The third-order valence-electron chi connectivity index (χ3n) is 19.0. The topological polar surface area (TPSA) is 40.7 Å². The van der Waals surface area contributed by atoms with Crippen LogP contribution in [0.2, 0.25) is 0 Å². The summed E-state index contributed by atoms with van der Waals surface area (Å²) in [6.07, 6.45) is 0. The van der Waals surface area contributed by atoms with Crippen LogP contribution in [0.25, 0.3) is 105 Å². The van der Waals surface area contributed by atoms with Gasteiger partial charge in [-0.25, -0.2) is 13.6 Å². The van der Waals surface area contributed by atoms with Crippen molar-refractivity contribution >= 4 is 123 Å². The fourth-order valence-electron chi connectivity index (χ4n) is 16.4. The number of aryl methyl sites for hydroxylation is 9. The summed E-state index contributed by atoms with van der Waals surface area (Å²) in [5.41, 5.74) is 32.7. The summed E-state index contributed by atoms with van der Waals surface area (Å²) < 4.78 is 11.7. The SMILES string of the molecule is Cc1cc(C)c(B2c3cc(-c4c(C)cc(C)cc4C)cc4c3-n3c5c2c2cc6c(cc2n5c(=O)n2c5cc7c8ccccc8n(-c8ccccc8)c7cc5c(c32)B4c2c(C)cc(C)cc2C)c2ccccc2n6-c2ccccc2)c(C)c1. The van der Waals surface area contributed by atoms with Crippen molar-refractivity contribution < 1.29 is 0 Å². The molecule has 82 heavy (non-hydrogen) atoms. The number of rotatable bonds is 5. The van der Waals surface area contributed by atoms with Gasteiger partial charge in [0.1, 0.15) is 11.3 Å². The summed E-state index contributed by atoms with van der Waals surface area (Å²) >= 11 is 0. The molecule has 0 saturated heterocycles. The van der Waals surface area contributed by atoms with Crippen LogP contribution in [-0.2, 0) is 0 Å². The van der Waals surface area contributed by atoms with E-state index in [0.717, 1.165) is 99.0 Å². The Morgan fingerprint density at radius 2 is 0.683 bits per heavy atom. The molecule has 390 valence electrons. The van der Waals surface area contributed by atoms with Crippen molar-refractivity contribution in [1.82, 2.24) is 22.5 Å². The fraction of sp³-hybridized carbons (Fsp3) is 0.122. The predicted octanol–water partition coefficient (Wildman–Crippen LogP) is 12.9. The molecule has 0 atom stereocenters. The zero-order valence-electron chi connectivity index (χ0n) is 47.6. The molecule has 0 aliphatic carbocycles. The first-order valence-electron chi connectivity index (χ1n) is 28.9. The second-order valence-electron chi connectivity index (χ2n) is 24.2. The number of aromatic nitrogens is 5. The molecule has 0 fully saturated rings. The lowest BCUT2D eigenvalue weighted by Crippen LogP contribution is -2.65. The van der Waals surface area contributed by atoms with E-state index in [0.29, 0.717) is 0 Å². The van der Waals surface area contributed by atoms with Crippen LogP contribution < -0.4 is 38.5 Å². The third kappa shape index (κ3) is 6.08. The standard InChI is InChI=1S/C74H57B2N5O/c1-40-28-43(4)66(44(5)29-40)49-34-58-71-59(35-49)76(68-47(8)32-42(3)33-48(68)9)70-57-39-63-55(53-25-17-19-27-61(53)78(63)51-22-14-11-15-23-51)37-65(57)80-73(70)81(71)72-69(75(58)67-45(6)30-41(2)31-46(67)7)56-38-62-54(36-64(56)79(72)74(80)82)52-24-16-18-26-60(52)77(62)50-20-12-10-13-21-50/h10-39H,1-9H3. The maximum Gasteiger partial charge on any atom is 0.340 e. The van der Waals surface area contributed by atoms with Gasteiger partial charge in [-0.1, -0.05) is 171 Å². The van der Waals surface area contributed by atoms with Crippen molar-refractivity contribution in [1.29, 1.82) is 0 Å². The zero-order valence-corrected chi connectivity index (χ0v) is 47.6. The molecule has 0 radical (unpaired) electrons. The minimum atomic E-state index is -0.242. The zero-order chi connectivity index (χ0) is 55.5. The fourth-order valence-corrected chi connectivity index (χ4v) is 16.4. The molecular formula is C74H57B2N5O. The van der Waals surface area contributed by atoms with Gasteiger partial charge in [-0.15, -0.1) is 0 Å². The lowest BCUT2D eigenvalue weighted by atomic mass is 9.30. The van der Waals surface area contributed by atoms with E-state index in [1.54, 1.807) is 0 Å². The average Bonchev–Trinajstić information content (AvgIpc) is 1.50. The van der Waals surface area contributed by atoms with Crippen LogP contribution in [0.1, 0.15) is 50.1 Å². The van der Waals surface area contributed by atoms with Crippen molar-refractivity contribution in [2.24, 2.45) is 0 Å². The van der Waals surface area contributed by atoms with Gasteiger partial charge in [0, 0.05) is 38.6 Å². The van der Waals surface area contributed by atoms with E-state index in [4.69, 9.17) is 0 Å². The Balaban J connectivity index is 1.16. The molecule has 0 N–H and O–H groups in total. The smallest absolute Gasteiger partial charge is 0.309 e. The van der Waals surface area contributed by atoms with Gasteiger partial charge in [-0.05, 0) is 178 Å². The van der Waals surface area contributed by atoms with Gasteiger partial charge >= 0.3 is 5.69 Å². The largest absolute Gasteiger partial charge is 0.340 e. The summed E-state index contributed by atoms with van der Waals surface area (Å²) in [6, 6.07) is 67.9. The highest BCUT2D eigenvalue weighted by Crippen LogP contribution is 2.41. The van der Waals surface area contributed by atoms with Crippen LogP contribution in [0.15, 0.2) is 187 Å². The Kier molecular flexibility index (Phi) is 9.55. The summed E-state index contributed by atoms with van der Waals surface area (Å²) in [6.45, 7) is 20.0. The molecule has 0 bridgehead atoms. The Hall–Kier alpha value is -9.52.